The molecule has 156 valence electrons. The Hall–Kier alpha value is -2.71. The molecule has 0 spiro atoms. The van der Waals surface area contributed by atoms with E-state index in [1.54, 1.807) is 30.0 Å². The molecule has 1 saturated heterocycles. The summed E-state index contributed by atoms with van der Waals surface area (Å²) in [7, 11) is 0. The molecular weight excluding hydrogens is 372 g/mol. The van der Waals surface area contributed by atoms with Gasteiger partial charge in [0, 0.05) is 37.8 Å². The molecule has 0 bridgehead atoms. The number of carbonyl (C=O) groups excluding carboxylic acids is 2. The van der Waals surface area contributed by atoms with Gasteiger partial charge in [0.2, 0.25) is 5.91 Å². The number of rotatable bonds is 8. The maximum atomic E-state index is 13.0. The van der Waals surface area contributed by atoms with Crippen LogP contribution < -0.4 is 5.32 Å². The summed E-state index contributed by atoms with van der Waals surface area (Å²) in [4.78, 5) is 29.4. The van der Waals surface area contributed by atoms with Crippen molar-refractivity contribution in [3.8, 4) is 0 Å². The van der Waals surface area contributed by atoms with Gasteiger partial charge >= 0.3 is 0 Å². The number of nitrogens with zero attached hydrogens (tertiary/aromatic N) is 3. The van der Waals surface area contributed by atoms with Crippen LogP contribution in [0.1, 0.15) is 28.1 Å². The van der Waals surface area contributed by atoms with Gasteiger partial charge in [0.25, 0.3) is 5.91 Å². The number of benzene rings is 1. The first kappa shape index (κ1) is 21.0. The van der Waals surface area contributed by atoms with E-state index in [2.05, 4.69) is 15.4 Å². The van der Waals surface area contributed by atoms with Crippen LogP contribution in [0.4, 0.5) is 5.82 Å². The molecule has 1 N–H and O–H groups in total. The summed E-state index contributed by atoms with van der Waals surface area (Å²) in [5, 5.41) is 6.45. The minimum atomic E-state index is -0.301. The summed E-state index contributed by atoms with van der Waals surface area (Å²) in [6, 6.07) is 9.04. The first-order valence-electron chi connectivity index (χ1n) is 9.90. The molecule has 29 heavy (non-hydrogen) atoms. The van der Waals surface area contributed by atoms with Crippen LogP contribution in [0.15, 0.2) is 34.9 Å². The fourth-order valence-corrected chi connectivity index (χ4v) is 3.22. The second-order valence-electron chi connectivity index (χ2n) is 7.27. The van der Waals surface area contributed by atoms with E-state index in [0.29, 0.717) is 23.7 Å². The van der Waals surface area contributed by atoms with Crippen LogP contribution >= 0.6 is 0 Å². The molecule has 3 rings (SSSR count). The highest BCUT2D eigenvalue weighted by molar-refractivity contribution is 5.99. The average molecular weight is 400 g/mol. The van der Waals surface area contributed by atoms with Crippen molar-refractivity contribution in [3.05, 3.63) is 47.2 Å². The molecule has 1 aromatic carbocycles. The fraction of sp³-hybridized carbons (Fsp3) is 0.476. The number of hydrogen-bond donors (Lipinski definition) is 1. The molecule has 2 aromatic rings. The first-order chi connectivity index (χ1) is 14.0. The quantitative estimate of drug-likeness (QED) is 0.730. The molecule has 0 atom stereocenters. The third-order valence-electron chi connectivity index (χ3n) is 4.82. The fourth-order valence-electron chi connectivity index (χ4n) is 3.22. The molecular formula is C21H28N4O4. The number of amides is 2. The van der Waals surface area contributed by atoms with Crippen LogP contribution in [0, 0.1) is 13.8 Å². The summed E-state index contributed by atoms with van der Waals surface area (Å²) in [6.07, 6.45) is 0.786. The van der Waals surface area contributed by atoms with Crippen molar-refractivity contribution in [2.45, 2.75) is 20.3 Å². The lowest BCUT2D eigenvalue weighted by atomic mass is 10.1. The Labute approximate surface area is 170 Å². The summed E-state index contributed by atoms with van der Waals surface area (Å²) >= 11 is 0. The number of aromatic nitrogens is 1. The molecule has 1 fully saturated rings. The second kappa shape index (κ2) is 10.2. The molecule has 8 heteroatoms. The van der Waals surface area contributed by atoms with Crippen molar-refractivity contribution in [1.29, 1.82) is 0 Å². The van der Waals surface area contributed by atoms with Crippen molar-refractivity contribution in [1.82, 2.24) is 15.0 Å². The Morgan fingerprint density at radius 3 is 2.55 bits per heavy atom. The minimum absolute atomic E-state index is 0.0400. The van der Waals surface area contributed by atoms with Gasteiger partial charge in [-0.15, -0.1) is 0 Å². The molecule has 1 aromatic heterocycles. The SMILES string of the molecule is Cc1ccc(C(=O)N(CCCN2CCOCC2)CC(=O)Nc2cc(C)on2)cc1. The number of nitrogens with one attached hydrogen (secondary N) is 1. The number of carbonyl (C=O) groups is 2. The Morgan fingerprint density at radius 2 is 1.90 bits per heavy atom. The molecule has 1 aliphatic heterocycles. The number of hydrogen-bond acceptors (Lipinski definition) is 6. The molecule has 0 saturated carbocycles. The van der Waals surface area contributed by atoms with Gasteiger partial charge in [-0.2, -0.15) is 0 Å². The molecule has 8 nitrogen and oxygen atoms in total. The van der Waals surface area contributed by atoms with Crippen LogP contribution in [-0.4, -0.2) is 72.7 Å². The second-order valence-corrected chi connectivity index (χ2v) is 7.27. The minimum Gasteiger partial charge on any atom is -0.379 e. The van der Waals surface area contributed by atoms with Gasteiger partial charge in [0.1, 0.15) is 12.3 Å². The zero-order valence-corrected chi connectivity index (χ0v) is 17.0. The Morgan fingerprint density at radius 1 is 1.17 bits per heavy atom. The highest BCUT2D eigenvalue weighted by Gasteiger charge is 2.20. The van der Waals surface area contributed by atoms with Gasteiger partial charge in [-0.1, -0.05) is 22.9 Å². The van der Waals surface area contributed by atoms with Crippen LogP contribution in [0.3, 0.4) is 0 Å². The van der Waals surface area contributed by atoms with E-state index in [1.165, 1.54) is 0 Å². The Kier molecular flexibility index (Phi) is 7.37. The Bertz CT molecular complexity index is 812. The van der Waals surface area contributed by atoms with Crippen molar-refractivity contribution in [3.63, 3.8) is 0 Å². The predicted molar refractivity (Wildman–Crippen MR) is 109 cm³/mol. The Balaban J connectivity index is 1.61. The summed E-state index contributed by atoms with van der Waals surface area (Å²) in [5.74, 6) is 0.505. The van der Waals surface area contributed by atoms with E-state index < -0.39 is 0 Å². The molecule has 1 aliphatic rings. The highest BCUT2D eigenvalue weighted by atomic mass is 16.5. The largest absolute Gasteiger partial charge is 0.379 e. The van der Waals surface area contributed by atoms with E-state index in [0.717, 1.165) is 44.8 Å². The molecule has 2 heterocycles. The molecule has 0 radical (unpaired) electrons. The third kappa shape index (κ3) is 6.40. The first-order valence-corrected chi connectivity index (χ1v) is 9.90. The maximum absolute atomic E-state index is 13.0. The van der Waals surface area contributed by atoms with Crippen molar-refractivity contribution in [2.75, 3.05) is 51.3 Å². The summed E-state index contributed by atoms with van der Waals surface area (Å²) < 4.78 is 10.3. The molecule has 0 aliphatic carbocycles. The zero-order valence-electron chi connectivity index (χ0n) is 17.0. The van der Waals surface area contributed by atoms with Gasteiger partial charge in [-0.25, -0.2) is 0 Å². The van der Waals surface area contributed by atoms with Crippen LogP contribution in [-0.2, 0) is 9.53 Å². The summed E-state index contributed by atoms with van der Waals surface area (Å²) in [6.45, 7) is 8.33. The zero-order chi connectivity index (χ0) is 20.6. The van der Waals surface area contributed by atoms with Gasteiger partial charge in [-0.3, -0.25) is 14.5 Å². The highest BCUT2D eigenvalue weighted by Crippen LogP contribution is 2.11. The van der Waals surface area contributed by atoms with E-state index >= 15 is 0 Å². The third-order valence-corrected chi connectivity index (χ3v) is 4.82. The van der Waals surface area contributed by atoms with Gasteiger partial charge < -0.3 is 19.5 Å². The monoisotopic (exact) mass is 400 g/mol. The number of ether oxygens (including phenoxy) is 1. The van der Waals surface area contributed by atoms with Crippen LogP contribution in [0.2, 0.25) is 0 Å². The standard InChI is InChI=1S/C21H28N4O4/c1-16-4-6-18(7-5-16)21(27)25(9-3-8-24-10-12-28-13-11-24)15-20(26)22-19-14-17(2)29-23-19/h4-7,14H,3,8-13,15H2,1-2H3,(H,22,23,26). The number of anilines is 1. The van der Waals surface area contributed by atoms with E-state index in [-0.39, 0.29) is 18.4 Å². The van der Waals surface area contributed by atoms with Crippen molar-refractivity contribution >= 4 is 17.6 Å². The van der Waals surface area contributed by atoms with Crippen LogP contribution in [0.5, 0.6) is 0 Å². The van der Waals surface area contributed by atoms with Gasteiger partial charge in [0.15, 0.2) is 5.82 Å². The smallest absolute Gasteiger partial charge is 0.254 e. The lowest BCUT2D eigenvalue weighted by molar-refractivity contribution is -0.117. The van der Waals surface area contributed by atoms with Gasteiger partial charge in [-0.05, 0) is 32.4 Å². The predicted octanol–water partition coefficient (Wildman–Crippen LogP) is 2.09. The van der Waals surface area contributed by atoms with Crippen molar-refractivity contribution in [2.24, 2.45) is 0 Å². The normalized spacial score (nSPS) is 14.6. The van der Waals surface area contributed by atoms with Crippen molar-refractivity contribution < 1.29 is 18.8 Å². The maximum Gasteiger partial charge on any atom is 0.254 e. The lowest BCUT2D eigenvalue weighted by Crippen LogP contribution is -2.41. The summed E-state index contributed by atoms with van der Waals surface area (Å²) in [5.41, 5.74) is 1.66. The van der Waals surface area contributed by atoms with Crippen LogP contribution in [0.25, 0.3) is 0 Å². The average Bonchev–Trinajstić information content (AvgIpc) is 3.12. The topological polar surface area (TPSA) is 87.9 Å². The molecule has 2 amide bonds. The van der Waals surface area contributed by atoms with E-state index in [1.807, 2.05) is 19.1 Å². The number of aryl methyl sites for hydroxylation is 2. The van der Waals surface area contributed by atoms with E-state index in [4.69, 9.17) is 9.26 Å². The number of morpholine rings is 1. The molecule has 0 unspecified atom stereocenters. The lowest BCUT2D eigenvalue weighted by Gasteiger charge is -2.28. The van der Waals surface area contributed by atoms with Gasteiger partial charge in [0.05, 0.1) is 13.2 Å². The van der Waals surface area contributed by atoms with E-state index in [9.17, 15) is 9.59 Å².